The third-order valence-electron chi connectivity index (χ3n) is 5.22. The van der Waals surface area contributed by atoms with E-state index < -0.39 is 11.1 Å². The summed E-state index contributed by atoms with van der Waals surface area (Å²) in [5, 5.41) is 0. The lowest BCUT2D eigenvalue weighted by molar-refractivity contribution is 0.391. The van der Waals surface area contributed by atoms with Crippen molar-refractivity contribution in [1.29, 1.82) is 0 Å². The van der Waals surface area contributed by atoms with Crippen LogP contribution in [0.5, 0.6) is 0 Å². The van der Waals surface area contributed by atoms with E-state index in [-0.39, 0.29) is 6.04 Å². The quantitative estimate of drug-likeness (QED) is 0.665. The highest BCUT2D eigenvalue weighted by Crippen LogP contribution is 2.26. The van der Waals surface area contributed by atoms with Crippen molar-refractivity contribution in [3.05, 3.63) is 69.5 Å². The molecular weight excluding hydrogens is 342 g/mol. The van der Waals surface area contributed by atoms with E-state index in [1.807, 2.05) is 24.3 Å². The molecule has 2 aromatic heterocycles. The summed E-state index contributed by atoms with van der Waals surface area (Å²) in [4.78, 5) is 36.0. The molecule has 1 aromatic carbocycles. The predicted octanol–water partition coefficient (Wildman–Crippen LogP) is 1.97. The highest BCUT2D eigenvalue weighted by Gasteiger charge is 2.25. The fourth-order valence-corrected chi connectivity index (χ4v) is 3.70. The van der Waals surface area contributed by atoms with Crippen molar-refractivity contribution in [2.75, 3.05) is 18.0 Å². The Labute approximate surface area is 156 Å². The molecule has 0 saturated carbocycles. The lowest BCUT2D eigenvalue weighted by Crippen LogP contribution is -2.45. The predicted molar refractivity (Wildman–Crippen MR) is 106 cm³/mol. The topological polar surface area (TPSA) is 73.0 Å². The minimum atomic E-state index is -0.487. The van der Waals surface area contributed by atoms with Crippen molar-refractivity contribution in [3.63, 3.8) is 0 Å². The van der Waals surface area contributed by atoms with Gasteiger partial charge in [-0.15, -0.1) is 0 Å². The first-order chi connectivity index (χ1) is 13.1. The normalized spacial score (nSPS) is 15.2. The van der Waals surface area contributed by atoms with Gasteiger partial charge in [-0.1, -0.05) is 24.8 Å². The number of hydrogen-bond donors (Lipinski definition) is 0. The summed E-state index contributed by atoms with van der Waals surface area (Å²) in [6.45, 7) is 5.17. The van der Waals surface area contributed by atoms with Gasteiger partial charge in [0.15, 0.2) is 0 Å². The Morgan fingerprint density at radius 1 is 1.04 bits per heavy atom. The summed E-state index contributed by atoms with van der Waals surface area (Å²) in [6, 6.07) is 7.53. The monoisotopic (exact) mass is 363 g/mol. The Morgan fingerprint density at radius 2 is 1.67 bits per heavy atom. The van der Waals surface area contributed by atoms with E-state index in [2.05, 4.69) is 21.4 Å². The molecule has 1 aliphatic heterocycles. The second kappa shape index (κ2) is 6.83. The lowest BCUT2D eigenvalue weighted by atomic mass is 10.0. The minimum Gasteiger partial charge on any atom is -0.341 e. The summed E-state index contributed by atoms with van der Waals surface area (Å²) in [6.07, 6.45) is 6.72. The summed E-state index contributed by atoms with van der Waals surface area (Å²) < 4.78 is 3.11. The zero-order chi connectivity index (χ0) is 19.0. The van der Waals surface area contributed by atoms with Crippen LogP contribution < -0.4 is 16.0 Å². The van der Waals surface area contributed by atoms with Crippen molar-refractivity contribution in [3.8, 4) is 0 Å². The molecule has 1 fully saturated rings. The largest absolute Gasteiger partial charge is 0.341 e. The van der Waals surface area contributed by atoms with Crippen molar-refractivity contribution >= 4 is 23.1 Å². The number of rotatable bonds is 3. The van der Waals surface area contributed by atoms with E-state index in [1.54, 1.807) is 30.1 Å². The molecule has 0 bridgehead atoms. The van der Waals surface area contributed by atoms with Crippen LogP contribution in [-0.2, 0) is 7.05 Å². The average molecular weight is 363 g/mol. The number of para-hydroxylation sites is 2. The lowest BCUT2D eigenvalue weighted by Gasteiger charge is -2.33. The van der Waals surface area contributed by atoms with Crippen molar-refractivity contribution in [2.24, 2.45) is 7.05 Å². The summed E-state index contributed by atoms with van der Waals surface area (Å²) in [5.41, 5.74) is 1.51. The second-order valence-electron chi connectivity index (χ2n) is 6.77. The van der Waals surface area contributed by atoms with E-state index in [0.29, 0.717) is 5.95 Å². The highest BCUT2D eigenvalue weighted by atomic mass is 16.2. The SMILES string of the molecule is C=Cc1cnc(N2CCC(n3c(=O)c(=O)n(C)c4ccccc43)CC2)nc1. The molecule has 0 atom stereocenters. The van der Waals surface area contributed by atoms with Crippen molar-refractivity contribution in [1.82, 2.24) is 19.1 Å². The van der Waals surface area contributed by atoms with Gasteiger partial charge >= 0.3 is 11.1 Å². The van der Waals surface area contributed by atoms with Crippen LogP contribution in [0.3, 0.4) is 0 Å². The molecule has 3 aromatic rings. The number of nitrogens with zero attached hydrogens (tertiary/aromatic N) is 5. The molecule has 0 amide bonds. The average Bonchev–Trinajstić information content (AvgIpc) is 2.73. The number of aryl methyl sites for hydroxylation is 1. The van der Waals surface area contributed by atoms with E-state index in [9.17, 15) is 9.59 Å². The molecule has 0 N–H and O–H groups in total. The molecule has 0 radical (unpaired) electrons. The van der Waals surface area contributed by atoms with Crippen LogP contribution in [0.4, 0.5) is 5.95 Å². The number of aromatic nitrogens is 4. The molecule has 138 valence electrons. The molecule has 1 saturated heterocycles. The smallest absolute Gasteiger partial charge is 0.317 e. The number of benzene rings is 1. The number of piperidine rings is 1. The van der Waals surface area contributed by atoms with Crippen LogP contribution in [0.15, 0.2) is 52.8 Å². The maximum atomic E-state index is 12.7. The van der Waals surface area contributed by atoms with Gasteiger partial charge in [0, 0.05) is 44.1 Å². The summed E-state index contributed by atoms with van der Waals surface area (Å²) in [5.74, 6) is 0.681. The van der Waals surface area contributed by atoms with Crippen LogP contribution >= 0.6 is 0 Å². The van der Waals surface area contributed by atoms with E-state index in [4.69, 9.17) is 0 Å². The van der Waals surface area contributed by atoms with Crippen LogP contribution in [0.2, 0.25) is 0 Å². The Hall–Kier alpha value is -3.22. The maximum Gasteiger partial charge on any atom is 0.317 e. The standard InChI is InChI=1S/C20H21N5O2/c1-3-14-12-21-20(22-13-14)24-10-8-15(9-11-24)25-17-7-5-4-6-16(17)23(2)18(26)19(25)27/h3-7,12-13,15H,1,8-11H2,2H3. The third-order valence-corrected chi connectivity index (χ3v) is 5.22. The van der Waals surface area contributed by atoms with Crippen molar-refractivity contribution in [2.45, 2.75) is 18.9 Å². The number of fused-ring (bicyclic) bond motifs is 1. The van der Waals surface area contributed by atoms with E-state index >= 15 is 0 Å². The molecule has 4 rings (SSSR count). The zero-order valence-corrected chi connectivity index (χ0v) is 15.2. The van der Waals surface area contributed by atoms with Gasteiger partial charge in [0.05, 0.1) is 11.0 Å². The second-order valence-corrected chi connectivity index (χ2v) is 6.77. The van der Waals surface area contributed by atoms with Gasteiger partial charge in [-0.3, -0.25) is 14.2 Å². The van der Waals surface area contributed by atoms with Crippen LogP contribution in [0.1, 0.15) is 24.4 Å². The first-order valence-electron chi connectivity index (χ1n) is 9.00. The maximum absolute atomic E-state index is 12.7. The van der Waals surface area contributed by atoms with Gasteiger partial charge in [-0.05, 0) is 25.0 Å². The zero-order valence-electron chi connectivity index (χ0n) is 15.2. The van der Waals surface area contributed by atoms with E-state index in [1.165, 1.54) is 4.57 Å². The van der Waals surface area contributed by atoms with Gasteiger partial charge in [-0.25, -0.2) is 9.97 Å². The molecule has 7 nitrogen and oxygen atoms in total. The molecule has 7 heteroatoms. The number of anilines is 1. The highest BCUT2D eigenvalue weighted by molar-refractivity contribution is 5.75. The molecule has 0 unspecified atom stereocenters. The fraction of sp³-hybridized carbons (Fsp3) is 0.300. The Balaban J connectivity index is 1.64. The fourth-order valence-electron chi connectivity index (χ4n) is 3.70. The van der Waals surface area contributed by atoms with Gasteiger partial charge in [0.2, 0.25) is 5.95 Å². The third kappa shape index (κ3) is 2.95. The van der Waals surface area contributed by atoms with Gasteiger partial charge in [-0.2, -0.15) is 0 Å². The minimum absolute atomic E-state index is 0.0139. The van der Waals surface area contributed by atoms with Crippen LogP contribution in [0.25, 0.3) is 17.1 Å². The molecular formula is C20H21N5O2. The van der Waals surface area contributed by atoms with Crippen molar-refractivity contribution < 1.29 is 0 Å². The van der Waals surface area contributed by atoms with E-state index in [0.717, 1.165) is 42.5 Å². The first-order valence-corrected chi connectivity index (χ1v) is 9.00. The summed E-state index contributed by atoms with van der Waals surface area (Å²) in [7, 11) is 1.64. The molecule has 0 aliphatic carbocycles. The Morgan fingerprint density at radius 3 is 2.30 bits per heavy atom. The number of hydrogen-bond acceptors (Lipinski definition) is 5. The Bertz CT molecular complexity index is 1110. The van der Waals surface area contributed by atoms with Gasteiger partial charge in [0.1, 0.15) is 0 Å². The molecule has 27 heavy (non-hydrogen) atoms. The molecule has 0 spiro atoms. The van der Waals surface area contributed by atoms with Crippen LogP contribution in [0, 0.1) is 0 Å². The van der Waals surface area contributed by atoms with Gasteiger partial charge < -0.3 is 9.47 Å². The molecule has 1 aliphatic rings. The summed E-state index contributed by atoms with van der Waals surface area (Å²) >= 11 is 0. The molecule has 3 heterocycles. The van der Waals surface area contributed by atoms with Crippen LogP contribution in [-0.4, -0.2) is 32.2 Å². The Kier molecular flexibility index (Phi) is 4.35. The first kappa shape index (κ1) is 17.2. The van der Waals surface area contributed by atoms with Gasteiger partial charge in [0.25, 0.3) is 0 Å².